The van der Waals surface area contributed by atoms with Gasteiger partial charge in [0.2, 0.25) is 0 Å². The summed E-state index contributed by atoms with van der Waals surface area (Å²) in [5.74, 6) is -0.278. The molecule has 1 aromatic heterocycles. The molecule has 0 radical (unpaired) electrons. The topological polar surface area (TPSA) is 37.6 Å². The molecule has 5 rings (SSSR count). The van der Waals surface area contributed by atoms with Gasteiger partial charge in [0.1, 0.15) is 5.82 Å². The number of rotatable bonds is 5. The number of fused-ring (bicyclic) bond motifs is 1. The van der Waals surface area contributed by atoms with Crippen molar-refractivity contribution in [3.8, 4) is 0 Å². The fraction of sp³-hybridized carbons (Fsp3) is 0.200. The highest BCUT2D eigenvalue weighted by molar-refractivity contribution is 8.18. The van der Waals surface area contributed by atoms with Gasteiger partial charge in [0, 0.05) is 35.2 Å². The molecule has 1 aliphatic rings. The van der Waals surface area contributed by atoms with Gasteiger partial charge in [0.25, 0.3) is 5.91 Å². The molecule has 1 saturated heterocycles. The number of aromatic nitrogens is 1. The summed E-state index contributed by atoms with van der Waals surface area (Å²) in [6.07, 6.45) is 1.99. The summed E-state index contributed by atoms with van der Waals surface area (Å²) in [5.41, 5.74) is 7.07. The van der Waals surface area contributed by atoms with E-state index in [1.807, 2.05) is 51.1 Å². The number of aliphatic imine (C=N–C) groups is 1. The molecule has 0 bridgehead atoms. The van der Waals surface area contributed by atoms with Crippen molar-refractivity contribution in [3.63, 3.8) is 0 Å². The van der Waals surface area contributed by atoms with Crippen molar-refractivity contribution in [2.45, 2.75) is 34.2 Å². The van der Waals surface area contributed by atoms with Crippen LogP contribution in [0.25, 0.3) is 17.0 Å². The Labute approximate surface area is 215 Å². The van der Waals surface area contributed by atoms with E-state index in [-0.39, 0.29) is 11.7 Å². The van der Waals surface area contributed by atoms with Crippen molar-refractivity contribution >= 4 is 45.5 Å². The van der Waals surface area contributed by atoms with Gasteiger partial charge >= 0.3 is 0 Å². The van der Waals surface area contributed by atoms with Crippen LogP contribution in [0.5, 0.6) is 0 Å². The van der Waals surface area contributed by atoms with Crippen molar-refractivity contribution in [1.29, 1.82) is 0 Å². The molecule has 0 unspecified atom stereocenters. The van der Waals surface area contributed by atoms with Crippen LogP contribution in [-0.2, 0) is 11.3 Å². The molecule has 4 aromatic rings. The zero-order chi connectivity index (χ0) is 25.4. The van der Waals surface area contributed by atoms with Crippen molar-refractivity contribution in [1.82, 2.24) is 9.47 Å². The number of para-hydroxylation sites is 1. The summed E-state index contributed by atoms with van der Waals surface area (Å²) >= 11 is 1.42. The van der Waals surface area contributed by atoms with E-state index < -0.39 is 0 Å². The van der Waals surface area contributed by atoms with E-state index in [4.69, 9.17) is 4.99 Å². The summed E-state index contributed by atoms with van der Waals surface area (Å²) < 4.78 is 16.0. The van der Waals surface area contributed by atoms with E-state index in [2.05, 4.69) is 35.8 Å². The van der Waals surface area contributed by atoms with Crippen LogP contribution in [0.2, 0.25) is 0 Å². The molecule has 1 amide bonds. The predicted octanol–water partition coefficient (Wildman–Crippen LogP) is 7.38. The Bertz CT molecular complexity index is 1550. The average molecular weight is 498 g/mol. The van der Waals surface area contributed by atoms with Crippen LogP contribution >= 0.6 is 11.8 Å². The third-order valence-electron chi connectivity index (χ3n) is 6.57. The van der Waals surface area contributed by atoms with Gasteiger partial charge in [-0.1, -0.05) is 42.5 Å². The molecule has 36 heavy (non-hydrogen) atoms. The lowest BCUT2D eigenvalue weighted by atomic mass is 10.1. The standard InChI is InChI=1S/C30H28FN3OS/c1-5-33-29(35)28(36-30(33)32-26-15-19(2)13-14-20(26)3)17-25-21(4)34(27-12-7-6-11-24(25)27)18-22-9-8-10-23(31)16-22/h6-17H,5,18H2,1-4H3/b28-17+,32-30?. The summed E-state index contributed by atoms with van der Waals surface area (Å²) in [4.78, 5) is 20.6. The smallest absolute Gasteiger partial charge is 0.266 e. The van der Waals surface area contributed by atoms with E-state index in [9.17, 15) is 9.18 Å². The first-order chi connectivity index (χ1) is 17.4. The van der Waals surface area contributed by atoms with Crippen molar-refractivity contribution in [2.75, 3.05) is 6.54 Å². The Morgan fingerprint density at radius 1 is 1.00 bits per heavy atom. The van der Waals surface area contributed by atoms with E-state index in [1.54, 1.807) is 17.0 Å². The Morgan fingerprint density at radius 3 is 2.58 bits per heavy atom. The van der Waals surface area contributed by atoms with Crippen LogP contribution in [0.1, 0.15) is 34.9 Å². The third-order valence-corrected chi connectivity index (χ3v) is 7.58. The van der Waals surface area contributed by atoms with Gasteiger partial charge in [-0.25, -0.2) is 9.38 Å². The second-order valence-corrected chi connectivity index (χ2v) is 10.1. The SMILES string of the molecule is CCN1C(=O)/C(=C\c2c(C)n(Cc3cccc(F)c3)c3ccccc23)SC1=Nc1cc(C)ccc1C. The van der Waals surface area contributed by atoms with Crippen LogP contribution in [0.4, 0.5) is 10.1 Å². The normalized spacial score (nSPS) is 16.1. The highest BCUT2D eigenvalue weighted by Gasteiger charge is 2.33. The molecule has 2 heterocycles. The lowest BCUT2D eigenvalue weighted by Gasteiger charge is -2.12. The van der Waals surface area contributed by atoms with Crippen LogP contribution in [0.15, 0.2) is 76.6 Å². The lowest BCUT2D eigenvalue weighted by molar-refractivity contribution is -0.122. The van der Waals surface area contributed by atoms with E-state index in [0.717, 1.165) is 44.5 Å². The van der Waals surface area contributed by atoms with Gasteiger partial charge in [-0.3, -0.25) is 9.69 Å². The second-order valence-electron chi connectivity index (χ2n) is 9.08. The number of hydrogen-bond acceptors (Lipinski definition) is 3. The summed E-state index contributed by atoms with van der Waals surface area (Å²) in [7, 11) is 0. The number of carbonyl (C=O) groups excluding carboxylic acids is 1. The molecule has 0 aliphatic carbocycles. The molecule has 0 spiro atoms. The maximum absolute atomic E-state index is 13.8. The van der Waals surface area contributed by atoms with Gasteiger partial charge in [0.05, 0.1) is 10.6 Å². The summed E-state index contributed by atoms with van der Waals surface area (Å²) in [6.45, 7) is 9.20. The number of nitrogens with zero attached hydrogens (tertiary/aromatic N) is 3. The summed E-state index contributed by atoms with van der Waals surface area (Å²) in [5, 5.41) is 1.76. The number of thioether (sulfide) groups is 1. The zero-order valence-electron chi connectivity index (χ0n) is 20.9. The largest absolute Gasteiger partial charge is 0.340 e. The van der Waals surface area contributed by atoms with E-state index in [1.165, 1.54) is 17.8 Å². The molecule has 0 saturated carbocycles. The molecule has 0 N–H and O–H groups in total. The Morgan fingerprint density at radius 2 is 1.81 bits per heavy atom. The number of aryl methyl sites for hydroxylation is 2. The van der Waals surface area contributed by atoms with Crippen molar-refractivity contribution in [2.24, 2.45) is 4.99 Å². The van der Waals surface area contributed by atoms with Gasteiger partial charge in [-0.05, 0) is 86.5 Å². The van der Waals surface area contributed by atoms with E-state index >= 15 is 0 Å². The Hall–Kier alpha value is -3.64. The van der Waals surface area contributed by atoms with Gasteiger partial charge in [-0.15, -0.1) is 0 Å². The second kappa shape index (κ2) is 9.78. The number of benzene rings is 3. The fourth-order valence-electron chi connectivity index (χ4n) is 4.61. The summed E-state index contributed by atoms with van der Waals surface area (Å²) in [6, 6.07) is 21.0. The number of amides is 1. The van der Waals surface area contributed by atoms with Gasteiger partial charge < -0.3 is 4.57 Å². The molecule has 3 aromatic carbocycles. The maximum Gasteiger partial charge on any atom is 0.266 e. The fourth-order valence-corrected chi connectivity index (χ4v) is 5.64. The monoisotopic (exact) mass is 497 g/mol. The molecule has 0 atom stereocenters. The van der Waals surface area contributed by atoms with E-state index in [0.29, 0.717) is 23.2 Å². The number of likely N-dealkylation sites (N-methyl/N-ethyl adjacent to an activating group) is 1. The first-order valence-electron chi connectivity index (χ1n) is 12.1. The molecule has 6 heteroatoms. The number of halogens is 1. The minimum Gasteiger partial charge on any atom is -0.340 e. The van der Waals surface area contributed by atoms with Crippen LogP contribution in [-0.4, -0.2) is 27.1 Å². The van der Waals surface area contributed by atoms with Gasteiger partial charge in [0.15, 0.2) is 5.17 Å². The molecular weight excluding hydrogens is 469 g/mol. The van der Waals surface area contributed by atoms with Crippen LogP contribution in [0, 0.1) is 26.6 Å². The maximum atomic E-state index is 13.8. The first kappa shape index (κ1) is 24.1. The van der Waals surface area contributed by atoms with Crippen molar-refractivity contribution in [3.05, 3.63) is 105 Å². The highest BCUT2D eigenvalue weighted by Crippen LogP contribution is 2.37. The van der Waals surface area contributed by atoms with Crippen molar-refractivity contribution < 1.29 is 9.18 Å². The minimum atomic E-state index is -0.243. The Balaban J connectivity index is 1.57. The molecular formula is C30H28FN3OS. The zero-order valence-corrected chi connectivity index (χ0v) is 21.7. The van der Waals surface area contributed by atoms with Crippen LogP contribution < -0.4 is 0 Å². The predicted molar refractivity (Wildman–Crippen MR) is 148 cm³/mol. The lowest BCUT2D eigenvalue weighted by Crippen LogP contribution is -2.28. The average Bonchev–Trinajstić information content (AvgIpc) is 3.30. The number of amidine groups is 1. The third kappa shape index (κ3) is 4.49. The molecule has 1 fully saturated rings. The molecule has 1 aliphatic heterocycles. The Kier molecular flexibility index (Phi) is 6.54. The van der Waals surface area contributed by atoms with Crippen LogP contribution in [0.3, 0.4) is 0 Å². The highest BCUT2D eigenvalue weighted by atomic mass is 32.2. The first-order valence-corrected chi connectivity index (χ1v) is 12.9. The number of carbonyl (C=O) groups is 1. The molecule has 4 nitrogen and oxygen atoms in total. The quantitative estimate of drug-likeness (QED) is 0.270. The molecule has 182 valence electrons. The van der Waals surface area contributed by atoms with Gasteiger partial charge in [-0.2, -0.15) is 0 Å². The number of hydrogen-bond donors (Lipinski definition) is 0. The minimum absolute atomic E-state index is 0.0343.